The highest BCUT2D eigenvalue weighted by Crippen LogP contribution is 2.23. The minimum Gasteiger partial charge on any atom is -0.354 e. The van der Waals surface area contributed by atoms with Gasteiger partial charge in [0.25, 0.3) is 5.91 Å². The fourth-order valence-corrected chi connectivity index (χ4v) is 2.16. The molecule has 4 nitrogen and oxygen atoms in total. The molecule has 5 heteroatoms. The number of rotatable bonds is 3. The van der Waals surface area contributed by atoms with Gasteiger partial charge in [-0.2, -0.15) is 0 Å². The third-order valence-electron chi connectivity index (χ3n) is 2.95. The van der Waals surface area contributed by atoms with Crippen molar-refractivity contribution in [2.24, 2.45) is 0 Å². The molecule has 2 N–H and O–H groups in total. The van der Waals surface area contributed by atoms with Crippen LogP contribution in [0.5, 0.6) is 0 Å². The van der Waals surface area contributed by atoms with Crippen molar-refractivity contribution < 1.29 is 4.79 Å². The number of aryl methyl sites for hydroxylation is 1. The maximum atomic E-state index is 12.0. The van der Waals surface area contributed by atoms with Crippen molar-refractivity contribution >= 4 is 28.9 Å². The van der Waals surface area contributed by atoms with Gasteiger partial charge in [0, 0.05) is 16.2 Å². The van der Waals surface area contributed by atoms with Crippen LogP contribution in [0.1, 0.15) is 36.8 Å². The molecular formula is C17H20ClN3O. The summed E-state index contributed by atoms with van der Waals surface area (Å²) in [5.74, 6) is -0.179. The molecule has 1 amide bonds. The highest BCUT2D eigenvalue weighted by molar-refractivity contribution is 6.30. The van der Waals surface area contributed by atoms with Gasteiger partial charge in [0.1, 0.15) is 5.69 Å². The number of nitrogens with zero attached hydrogens (tertiary/aromatic N) is 1. The van der Waals surface area contributed by atoms with Gasteiger partial charge in [-0.3, -0.25) is 4.79 Å². The predicted octanol–water partition coefficient (Wildman–Crippen LogP) is 4.32. The van der Waals surface area contributed by atoms with Crippen LogP contribution in [0.3, 0.4) is 0 Å². The van der Waals surface area contributed by atoms with E-state index in [1.54, 1.807) is 12.3 Å². The predicted molar refractivity (Wildman–Crippen MR) is 90.9 cm³/mol. The average Bonchev–Trinajstić information content (AvgIpc) is 2.41. The molecule has 0 aliphatic carbocycles. The number of carbonyl (C=O) groups excluding carboxylic acids is 1. The summed E-state index contributed by atoms with van der Waals surface area (Å²) in [5, 5.41) is 6.85. The molecule has 0 unspecified atom stereocenters. The van der Waals surface area contributed by atoms with Gasteiger partial charge < -0.3 is 10.6 Å². The summed E-state index contributed by atoms with van der Waals surface area (Å²) in [5.41, 5.74) is 2.93. The Morgan fingerprint density at radius 1 is 1.18 bits per heavy atom. The zero-order valence-electron chi connectivity index (χ0n) is 13.2. The van der Waals surface area contributed by atoms with E-state index in [1.807, 2.05) is 52.0 Å². The number of amides is 1. The largest absolute Gasteiger partial charge is 0.354 e. The topological polar surface area (TPSA) is 54.0 Å². The van der Waals surface area contributed by atoms with E-state index in [4.69, 9.17) is 11.6 Å². The van der Waals surface area contributed by atoms with Crippen LogP contribution < -0.4 is 10.6 Å². The summed E-state index contributed by atoms with van der Waals surface area (Å²) >= 11 is 5.94. The number of carbonyl (C=O) groups is 1. The fraction of sp³-hybridized carbons (Fsp3) is 0.294. The lowest BCUT2D eigenvalue weighted by Gasteiger charge is -2.20. The normalized spacial score (nSPS) is 11.1. The summed E-state index contributed by atoms with van der Waals surface area (Å²) in [6.07, 6.45) is 1.64. The van der Waals surface area contributed by atoms with E-state index in [1.165, 1.54) is 0 Å². The first-order chi connectivity index (χ1) is 10.2. The molecule has 0 radical (unpaired) electrons. The Balaban J connectivity index is 2.10. The zero-order chi connectivity index (χ0) is 16.3. The molecule has 1 heterocycles. The van der Waals surface area contributed by atoms with Crippen molar-refractivity contribution in [2.45, 2.75) is 33.2 Å². The Labute approximate surface area is 135 Å². The summed E-state index contributed by atoms with van der Waals surface area (Å²) in [6.45, 7) is 7.78. The lowest BCUT2D eigenvalue weighted by Crippen LogP contribution is -2.40. The van der Waals surface area contributed by atoms with Gasteiger partial charge in [-0.1, -0.05) is 11.6 Å². The van der Waals surface area contributed by atoms with Gasteiger partial charge in [-0.25, -0.2) is 4.98 Å². The second kappa shape index (κ2) is 6.36. The molecule has 2 aromatic rings. The molecule has 0 saturated carbocycles. The first-order valence-corrected chi connectivity index (χ1v) is 7.44. The van der Waals surface area contributed by atoms with Crippen LogP contribution in [-0.2, 0) is 0 Å². The SMILES string of the molecule is Cc1cc(Cl)ccc1Nc1ccc(C(=O)NC(C)(C)C)nc1. The Morgan fingerprint density at radius 2 is 1.91 bits per heavy atom. The van der Waals surface area contributed by atoms with Crippen LogP contribution in [0, 0.1) is 6.92 Å². The number of anilines is 2. The molecule has 2 rings (SSSR count). The van der Waals surface area contributed by atoms with E-state index in [0.717, 1.165) is 16.9 Å². The van der Waals surface area contributed by atoms with Crippen LogP contribution in [0.15, 0.2) is 36.5 Å². The Kier molecular flexibility index (Phi) is 4.71. The lowest BCUT2D eigenvalue weighted by molar-refractivity contribution is 0.0914. The number of hydrogen-bond acceptors (Lipinski definition) is 3. The Bertz CT molecular complexity index is 675. The zero-order valence-corrected chi connectivity index (χ0v) is 14.0. The molecule has 0 fully saturated rings. The fourth-order valence-electron chi connectivity index (χ4n) is 1.93. The second-order valence-corrected chi connectivity index (χ2v) is 6.66. The van der Waals surface area contributed by atoms with Crippen LogP contribution in [0.4, 0.5) is 11.4 Å². The minimum atomic E-state index is -0.282. The molecular weight excluding hydrogens is 298 g/mol. The van der Waals surface area contributed by atoms with Crippen LogP contribution >= 0.6 is 11.6 Å². The van der Waals surface area contributed by atoms with Crippen molar-refractivity contribution in [2.75, 3.05) is 5.32 Å². The number of nitrogens with one attached hydrogen (secondary N) is 2. The molecule has 22 heavy (non-hydrogen) atoms. The highest BCUT2D eigenvalue weighted by atomic mass is 35.5. The van der Waals surface area contributed by atoms with Gasteiger partial charge in [0.05, 0.1) is 11.9 Å². The first kappa shape index (κ1) is 16.3. The molecule has 0 aliphatic rings. The van der Waals surface area contributed by atoms with E-state index >= 15 is 0 Å². The van der Waals surface area contributed by atoms with Crippen molar-refractivity contribution in [3.8, 4) is 0 Å². The van der Waals surface area contributed by atoms with E-state index < -0.39 is 0 Å². The number of benzene rings is 1. The average molecular weight is 318 g/mol. The smallest absolute Gasteiger partial charge is 0.270 e. The van der Waals surface area contributed by atoms with E-state index in [2.05, 4.69) is 15.6 Å². The van der Waals surface area contributed by atoms with Crippen molar-refractivity contribution in [3.05, 3.63) is 52.8 Å². The third-order valence-corrected chi connectivity index (χ3v) is 3.19. The molecule has 0 bridgehead atoms. The second-order valence-electron chi connectivity index (χ2n) is 6.22. The Morgan fingerprint density at radius 3 is 2.45 bits per heavy atom. The summed E-state index contributed by atoms with van der Waals surface area (Å²) in [6, 6.07) is 9.17. The summed E-state index contributed by atoms with van der Waals surface area (Å²) < 4.78 is 0. The molecule has 116 valence electrons. The third kappa shape index (κ3) is 4.46. The van der Waals surface area contributed by atoms with Gasteiger partial charge >= 0.3 is 0 Å². The van der Waals surface area contributed by atoms with Crippen molar-refractivity contribution in [3.63, 3.8) is 0 Å². The molecule has 0 aliphatic heterocycles. The first-order valence-electron chi connectivity index (χ1n) is 7.06. The molecule has 1 aromatic carbocycles. The number of aromatic nitrogens is 1. The number of pyridine rings is 1. The van der Waals surface area contributed by atoms with Crippen LogP contribution in [0.25, 0.3) is 0 Å². The molecule has 1 aromatic heterocycles. The van der Waals surface area contributed by atoms with E-state index in [-0.39, 0.29) is 11.4 Å². The lowest BCUT2D eigenvalue weighted by atomic mass is 10.1. The van der Waals surface area contributed by atoms with Gasteiger partial charge in [0.15, 0.2) is 0 Å². The van der Waals surface area contributed by atoms with Gasteiger partial charge in [-0.15, -0.1) is 0 Å². The monoisotopic (exact) mass is 317 g/mol. The maximum absolute atomic E-state index is 12.0. The highest BCUT2D eigenvalue weighted by Gasteiger charge is 2.16. The Hall–Kier alpha value is -2.07. The van der Waals surface area contributed by atoms with Crippen molar-refractivity contribution in [1.29, 1.82) is 0 Å². The maximum Gasteiger partial charge on any atom is 0.270 e. The van der Waals surface area contributed by atoms with Gasteiger partial charge in [0.2, 0.25) is 0 Å². The number of hydrogen-bond donors (Lipinski definition) is 2. The van der Waals surface area contributed by atoms with Crippen LogP contribution in [0.2, 0.25) is 5.02 Å². The van der Waals surface area contributed by atoms with Crippen molar-refractivity contribution in [1.82, 2.24) is 10.3 Å². The van der Waals surface area contributed by atoms with Crippen LogP contribution in [-0.4, -0.2) is 16.4 Å². The number of halogens is 1. The van der Waals surface area contributed by atoms with Gasteiger partial charge in [-0.05, 0) is 63.6 Å². The summed E-state index contributed by atoms with van der Waals surface area (Å²) in [7, 11) is 0. The molecule has 0 saturated heterocycles. The molecule has 0 spiro atoms. The minimum absolute atomic E-state index is 0.179. The quantitative estimate of drug-likeness (QED) is 0.886. The van der Waals surface area contributed by atoms with E-state index in [0.29, 0.717) is 10.7 Å². The van der Waals surface area contributed by atoms with E-state index in [9.17, 15) is 4.79 Å². The standard InChI is InChI=1S/C17H20ClN3O/c1-11-9-12(18)5-7-14(11)20-13-6-8-15(19-10-13)16(22)21-17(2,3)4/h5-10,20H,1-4H3,(H,21,22). The molecule has 0 atom stereocenters. The summed E-state index contributed by atoms with van der Waals surface area (Å²) in [4.78, 5) is 16.2.